The molecule has 1 fully saturated rings. The highest BCUT2D eigenvalue weighted by Crippen LogP contribution is 2.29. The van der Waals surface area contributed by atoms with Crippen molar-refractivity contribution in [3.63, 3.8) is 0 Å². The van der Waals surface area contributed by atoms with E-state index in [-0.39, 0.29) is 5.97 Å². The van der Waals surface area contributed by atoms with Gasteiger partial charge in [-0.25, -0.2) is 9.64 Å². The molecule has 1 aliphatic heterocycles. The van der Waals surface area contributed by atoms with Crippen molar-refractivity contribution >= 4 is 17.3 Å². The predicted octanol–water partition coefficient (Wildman–Crippen LogP) is 3.40. The molecule has 100 valence electrons. The van der Waals surface area contributed by atoms with Gasteiger partial charge in [-0.15, -0.1) is 0 Å². The first-order chi connectivity index (χ1) is 9.26. The number of benzene rings is 1. The number of carbonyl (C=O) groups excluding carboxylic acids is 1. The van der Waals surface area contributed by atoms with Gasteiger partial charge in [-0.1, -0.05) is 25.0 Å². The van der Waals surface area contributed by atoms with Gasteiger partial charge in [-0.2, -0.15) is 0 Å². The summed E-state index contributed by atoms with van der Waals surface area (Å²) in [4.78, 5) is 17.5. The molecule has 0 spiro atoms. The second-order valence-electron chi connectivity index (χ2n) is 4.71. The van der Waals surface area contributed by atoms with Gasteiger partial charge >= 0.3 is 5.97 Å². The first-order valence-electron chi connectivity index (χ1n) is 6.61. The number of ether oxygens (including phenoxy) is 1. The van der Waals surface area contributed by atoms with E-state index >= 15 is 0 Å². The molecule has 4 nitrogen and oxygen atoms in total. The second-order valence-corrected chi connectivity index (χ2v) is 4.71. The highest BCUT2D eigenvalue weighted by atomic mass is 16.5. The van der Waals surface area contributed by atoms with Gasteiger partial charge in [-0.3, -0.25) is 0 Å². The van der Waals surface area contributed by atoms with Crippen molar-refractivity contribution in [2.24, 2.45) is 0 Å². The van der Waals surface area contributed by atoms with Crippen LogP contribution in [0.3, 0.4) is 0 Å². The number of esters is 1. The molecule has 2 rings (SSSR count). The minimum Gasteiger partial charge on any atom is -0.465 e. The molecule has 19 heavy (non-hydrogen) atoms. The van der Waals surface area contributed by atoms with Gasteiger partial charge < -0.3 is 9.64 Å². The quantitative estimate of drug-likeness (QED) is 0.602. The van der Waals surface area contributed by atoms with Crippen LogP contribution in [0.15, 0.2) is 18.2 Å². The maximum atomic E-state index is 11.8. The molecule has 0 N–H and O–H groups in total. The Morgan fingerprint density at radius 2 is 1.95 bits per heavy atom. The van der Waals surface area contributed by atoms with Gasteiger partial charge in [0.25, 0.3) is 0 Å². The minimum atomic E-state index is -0.337. The van der Waals surface area contributed by atoms with E-state index in [4.69, 9.17) is 11.3 Å². The Balaban J connectivity index is 2.39. The Hall–Kier alpha value is -2.02. The third kappa shape index (κ3) is 3.05. The van der Waals surface area contributed by atoms with Crippen molar-refractivity contribution in [1.82, 2.24) is 0 Å². The van der Waals surface area contributed by atoms with Crippen LogP contribution in [0.5, 0.6) is 0 Å². The molecule has 1 aromatic rings. The number of hydrogen-bond acceptors (Lipinski definition) is 3. The third-order valence-electron chi connectivity index (χ3n) is 3.46. The van der Waals surface area contributed by atoms with Crippen molar-refractivity contribution in [1.29, 1.82) is 0 Å². The topological polar surface area (TPSA) is 33.9 Å². The molecule has 0 radical (unpaired) electrons. The number of methoxy groups -OCH3 is 1. The van der Waals surface area contributed by atoms with Crippen molar-refractivity contribution in [3.05, 3.63) is 35.2 Å². The van der Waals surface area contributed by atoms with Crippen molar-refractivity contribution < 1.29 is 9.53 Å². The molecule has 0 saturated carbocycles. The lowest BCUT2D eigenvalue weighted by Gasteiger charge is -2.25. The van der Waals surface area contributed by atoms with E-state index in [0.29, 0.717) is 11.3 Å². The Morgan fingerprint density at radius 3 is 2.53 bits per heavy atom. The molecule has 1 saturated heterocycles. The fraction of sp³-hybridized carbons (Fsp3) is 0.467. The SMILES string of the molecule is [C-]#[N+]c1ccc(C(=O)OC)c(N2CCCCCC2)c1. The zero-order valence-corrected chi connectivity index (χ0v) is 11.2. The Kier molecular flexibility index (Phi) is 4.40. The molecule has 0 bridgehead atoms. The summed E-state index contributed by atoms with van der Waals surface area (Å²) < 4.78 is 4.83. The minimum absolute atomic E-state index is 0.337. The maximum absolute atomic E-state index is 11.8. The average Bonchev–Trinajstić information content (AvgIpc) is 2.74. The molecular weight excluding hydrogens is 240 g/mol. The second kappa shape index (κ2) is 6.24. The first kappa shape index (κ1) is 13.4. The number of rotatable bonds is 2. The largest absolute Gasteiger partial charge is 0.465 e. The molecule has 0 aliphatic carbocycles. The smallest absolute Gasteiger partial charge is 0.339 e. The Labute approximate surface area is 113 Å². The highest BCUT2D eigenvalue weighted by Gasteiger charge is 2.18. The van der Waals surface area contributed by atoms with E-state index in [9.17, 15) is 4.79 Å². The fourth-order valence-corrected chi connectivity index (χ4v) is 2.45. The van der Waals surface area contributed by atoms with Gasteiger partial charge in [0.1, 0.15) is 0 Å². The van der Waals surface area contributed by atoms with Crippen molar-refractivity contribution in [2.45, 2.75) is 25.7 Å². The summed E-state index contributed by atoms with van der Waals surface area (Å²) in [5.41, 5.74) is 1.95. The Bertz CT molecular complexity index is 497. The van der Waals surface area contributed by atoms with E-state index in [0.717, 1.165) is 31.6 Å². The van der Waals surface area contributed by atoms with Crippen LogP contribution in [0.25, 0.3) is 4.85 Å². The average molecular weight is 258 g/mol. The number of nitrogens with zero attached hydrogens (tertiary/aromatic N) is 2. The van der Waals surface area contributed by atoms with E-state index in [2.05, 4.69) is 9.74 Å². The predicted molar refractivity (Wildman–Crippen MR) is 74.7 cm³/mol. The summed E-state index contributed by atoms with van der Waals surface area (Å²) in [6, 6.07) is 5.16. The normalized spacial score (nSPS) is 15.5. The molecule has 1 aliphatic rings. The van der Waals surface area contributed by atoms with Crippen LogP contribution in [0.2, 0.25) is 0 Å². The summed E-state index contributed by atoms with van der Waals surface area (Å²) >= 11 is 0. The monoisotopic (exact) mass is 258 g/mol. The lowest BCUT2D eigenvalue weighted by atomic mass is 10.1. The molecule has 1 heterocycles. The van der Waals surface area contributed by atoms with Gasteiger partial charge in [-0.05, 0) is 18.9 Å². The zero-order valence-electron chi connectivity index (χ0n) is 11.2. The van der Waals surface area contributed by atoms with Gasteiger partial charge in [0.05, 0.1) is 19.2 Å². The molecule has 0 amide bonds. The standard InChI is InChI=1S/C15H18N2O2/c1-16-12-7-8-13(15(18)19-2)14(11-12)17-9-5-3-4-6-10-17/h7-8,11H,3-6,9-10H2,2H3. The highest BCUT2D eigenvalue weighted by molar-refractivity contribution is 5.96. The maximum Gasteiger partial charge on any atom is 0.339 e. The summed E-state index contributed by atoms with van der Waals surface area (Å²) in [5.74, 6) is -0.337. The van der Waals surface area contributed by atoms with E-state index < -0.39 is 0 Å². The number of anilines is 1. The lowest BCUT2D eigenvalue weighted by Crippen LogP contribution is -2.26. The van der Waals surface area contributed by atoms with Gasteiger partial charge in [0.2, 0.25) is 0 Å². The van der Waals surface area contributed by atoms with Crippen LogP contribution in [0, 0.1) is 6.57 Å². The summed E-state index contributed by atoms with van der Waals surface area (Å²) in [6.07, 6.45) is 4.71. The summed E-state index contributed by atoms with van der Waals surface area (Å²) in [5, 5.41) is 0. The van der Waals surface area contributed by atoms with E-state index in [1.807, 2.05) is 0 Å². The molecular formula is C15H18N2O2. The van der Waals surface area contributed by atoms with E-state index in [1.165, 1.54) is 20.0 Å². The summed E-state index contributed by atoms with van der Waals surface area (Å²) in [7, 11) is 1.39. The van der Waals surface area contributed by atoms with Crippen LogP contribution in [-0.2, 0) is 4.74 Å². The molecule has 0 unspecified atom stereocenters. The lowest BCUT2D eigenvalue weighted by molar-refractivity contribution is 0.0601. The van der Waals surface area contributed by atoms with Gasteiger partial charge in [0, 0.05) is 18.8 Å². The number of hydrogen-bond donors (Lipinski definition) is 0. The zero-order chi connectivity index (χ0) is 13.7. The molecule has 0 atom stereocenters. The third-order valence-corrected chi connectivity index (χ3v) is 3.46. The fourth-order valence-electron chi connectivity index (χ4n) is 2.45. The molecule has 0 aromatic heterocycles. The van der Waals surface area contributed by atoms with Crippen molar-refractivity contribution in [2.75, 3.05) is 25.1 Å². The summed E-state index contributed by atoms with van der Waals surface area (Å²) in [6.45, 7) is 8.98. The van der Waals surface area contributed by atoms with Crippen LogP contribution in [0.1, 0.15) is 36.0 Å². The van der Waals surface area contributed by atoms with Crippen molar-refractivity contribution in [3.8, 4) is 0 Å². The van der Waals surface area contributed by atoms with Crippen LogP contribution < -0.4 is 4.90 Å². The van der Waals surface area contributed by atoms with Gasteiger partial charge in [0.15, 0.2) is 5.69 Å². The molecule has 4 heteroatoms. The van der Waals surface area contributed by atoms with Crippen LogP contribution in [-0.4, -0.2) is 26.2 Å². The Morgan fingerprint density at radius 1 is 1.26 bits per heavy atom. The first-order valence-corrected chi connectivity index (χ1v) is 6.61. The molecule has 1 aromatic carbocycles. The van der Waals surface area contributed by atoms with E-state index in [1.54, 1.807) is 18.2 Å². The van der Waals surface area contributed by atoms with Crippen LogP contribution in [0.4, 0.5) is 11.4 Å². The number of carbonyl (C=O) groups is 1. The van der Waals surface area contributed by atoms with Crippen LogP contribution >= 0.6 is 0 Å².